The number of aromatic nitrogens is 4. The Balaban J connectivity index is 1.75. The summed E-state index contributed by atoms with van der Waals surface area (Å²) < 4.78 is 29.2. The summed E-state index contributed by atoms with van der Waals surface area (Å²) in [7, 11) is -2.09. The van der Waals surface area contributed by atoms with E-state index in [9.17, 15) is 13.2 Å². The second kappa shape index (κ2) is 7.45. The molecule has 0 radical (unpaired) electrons. The average molecular weight is 451 g/mol. The number of sulfonamides is 1. The fourth-order valence-electron chi connectivity index (χ4n) is 2.17. The quantitative estimate of drug-likeness (QED) is 0.615. The molecule has 0 saturated carbocycles. The molecule has 3 rings (SSSR count). The van der Waals surface area contributed by atoms with Gasteiger partial charge in [-0.25, -0.2) is 23.1 Å². The van der Waals surface area contributed by atoms with Gasteiger partial charge < -0.3 is 5.32 Å². The first kappa shape index (κ1) is 19.0. The van der Waals surface area contributed by atoms with Crippen LogP contribution in [0.3, 0.4) is 0 Å². The first-order chi connectivity index (χ1) is 12.8. The number of nitrogens with one attached hydrogen (secondary N) is 2. The van der Waals surface area contributed by atoms with Gasteiger partial charge in [-0.3, -0.25) is 9.48 Å². The molecule has 11 heteroatoms. The van der Waals surface area contributed by atoms with Crippen molar-refractivity contribution in [1.82, 2.24) is 19.7 Å². The number of benzene rings is 1. The third-order valence-electron chi connectivity index (χ3n) is 3.69. The molecule has 3 aromatic rings. The molecule has 140 valence electrons. The lowest BCUT2D eigenvalue weighted by molar-refractivity contribution is 0.102. The first-order valence-electron chi connectivity index (χ1n) is 7.68. The Morgan fingerprint density at radius 3 is 2.33 bits per heavy atom. The van der Waals surface area contributed by atoms with Crippen LogP contribution in [0.25, 0.3) is 0 Å². The molecule has 9 nitrogen and oxygen atoms in total. The molecule has 2 aromatic heterocycles. The third kappa shape index (κ3) is 4.14. The number of rotatable bonds is 5. The zero-order chi connectivity index (χ0) is 19.6. The minimum Gasteiger partial charge on any atom is -0.321 e. The van der Waals surface area contributed by atoms with Crippen molar-refractivity contribution in [3.05, 3.63) is 58.6 Å². The van der Waals surface area contributed by atoms with Crippen LogP contribution in [0.2, 0.25) is 0 Å². The summed E-state index contributed by atoms with van der Waals surface area (Å²) in [6, 6.07) is 7.31. The van der Waals surface area contributed by atoms with Gasteiger partial charge in [0.25, 0.3) is 15.9 Å². The number of hydrogen-bond acceptors (Lipinski definition) is 6. The van der Waals surface area contributed by atoms with E-state index in [2.05, 4.69) is 41.0 Å². The van der Waals surface area contributed by atoms with Crippen molar-refractivity contribution in [3.63, 3.8) is 0 Å². The molecule has 2 N–H and O–H groups in total. The van der Waals surface area contributed by atoms with Gasteiger partial charge in [-0.2, -0.15) is 5.10 Å². The van der Waals surface area contributed by atoms with Crippen molar-refractivity contribution < 1.29 is 13.2 Å². The maximum atomic E-state index is 12.4. The Labute approximate surface area is 164 Å². The Bertz CT molecular complexity index is 1080. The van der Waals surface area contributed by atoms with Crippen molar-refractivity contribution in [1.29, 1.82) is 0 Å². The lowest BCUT2D eigenvalue weighted by atomic mass is 10.3. The smallest absolute Gasteiger partial charge is 0.277 e. The molecule has 0 aliphatic heterocycles. The molecule has 0 atom stereocenters. The standard InChI is InChI=1S/C16H15BrN6O3S/c1-10-13(17)14(21-23(10)2)15(24)20-11-4-6-12(7-5-11)27(25,26)22-16-18-8-3-9-19-16/h3-9H,1-2H3,(H,20,24)(H,18,19,22). The van der Waals surface area contributed by atoms with Gasteiger partial charge in [0.05, 0.1) is 15.1 Å². The van der Waals surface area contributed by atoms with Crippen molar-refractivity contribution in [3.8, 4) is 0 Å². The Kier molecular flexibility index (Phi) is 5.24. The van der Waals surface area contributed by atoms with E-state index in [1.807, 2.05) is 6.92 Å². The fourth-order valence-corrected chi connectivity index (χ4v) is 3.64. The molecule has 0 bridgehead atoms. The monoisotopic (exact) mass is 450 g/mol. The van der Waals surface area contributed by atoms with Crippen molar-refractivity contribution >= 4 is 43.5 Å². The van der Waals surface area contributed by atoms with Crippen LogP contribution in [-0.2, 0) is 17.1 Å². The van der Waals surface area contributed by atoms with E-state index in [-0.39, 0.29) is 16.5 Å². The van der Waals surface area contributed by atoms with Crippen LogP contribution in [0.5, 0.6) is 0 Å². The van der Waals surface area contributed by atoms with Crippen LogP contribution >= 0.6 is 15.9 Å². The van der Waals surface area contributed by atoms with Crippen molar-refractivity contribution in [2.24, 2.45) is 7.05 Å². The molecule has 0 aliphatic rings. The van der Waals surface area contributed by atoms with E-state index in [0.717, 1.165) is 5.69 Å². The molecule has 0 saturated heterocycles. The topological polar surface area (TPSA) is 119 Å². The first-order valence-corrected chi connectivity index (χ1v) is 9.96. The van der Waals surface area contributed by atoms with E-state index in [0.29, 0.717) is 10.2 Å². The predicted octanol–water partition coefficient (Wildman–Crippen LogP) is 2.33. The van der Waals surface area contributed by atoms with Crippen LogP contribution < -0.4 is 10.0 Å². The third-order valence-corrected chi connectivity index (χ3v) is 5.98. The summed E-state index contributed by atoms with van der Waals surface area (Å²) in [5.41, 5.74) is 1.50. The summed E-state index contributed by atoms with van der Waals surface area (Å²) in [5.74, 6) is -0.428. The van der Waals surface area contributed by atoms with Gasteiger partial charge in [0, 0.05) is 25.1 Å². The molecule has 2 heterocycles. The Morgan fingerprint density at radius 1 is 1.15 bits per heavy atom. The second-order valence-corrected chi connectivity index (χ2v) is 8.00. The van der Waals surface area contributed by atoms with Gasteiger partial charge >= 0.3 is 0 Å². The van der Waals surface area contributed by atoms with Crippen LogP contribution in [0, 0.1) is 6.92 Å². The van der Waals surface area contributed by atoms with E-state index in [1.54, 1.807) is 17.8 Å². The van der Waals surface area contributed by atoms with Gasteiger partial charge in [-0.15, -0.1) is 0 Å². The number of carbonyl (C=O) groups excluding carboxylic acids is 1. The molecule has 1 amide bonds. The minimum atomic E-state index is -3.83. The molecule has 27 heavy (non-hydrogen) atoms. The highest BCUT2D eigenvalue weighted by Crippen LogP contribution is 2.22. The van der Waals surface area contributed by atoms with Gasteiger partial charge in [0.1, 0.15) is 0 Å². The molecule has 0 fully saturated rings. The summed E-state index contributed by atoms with van der Waals surface area (Å²) in [6.07, 6.45) is 2.86. The van der Waals surface area contributed by atoms with E-state index in [4.69, 9.17) is 0 Å². The Morgan fingerprint density at radius 2 is 1.78 bits per heavy atom. The highest BCUT2D eigenvalue weighted by atomic mass is 79.9. The van der Waals surface area contributed by atoms with Gasteiger partial charge in [0.2, 0.25) is 5.95 Å². The molecule has 0 unspecified atom stereocenters. The molecular weight excluding hydrogens is 436 g/mol. The fraction of sp³-hybridized carbons (Fsp3) is 0.125. The molecular formula is C16H15BrN6O3S. The summed E-state index contributed by atoms with van der Waals surface area (Å²) in [6.45, 7) is 1.83. The van der Waals surface area contributed by atoms with Crippen LogP contribution in [-0.4, -0.2) is 34.1 Å². The number of amides is 1. The number of aryl methyl sites for hydroxylation is 1. The Hall–Kier alpha value is -2.79. The summed E-state index contributed by atoms with van der Waals surface area (Å²) in [4.78, 5) is 20.0. The molecule has 1 aromatic carbocycles. The second-order valence-electron chi connectivity index (χ2n) is 5.53. The highest BCUT2D eigenvalue weighted by molar-refractivity contribution is 9.10. The predicted molar refractivity (Wildman–Crippen MR) is 103 cm³/mol. The molecule has 0 aliphatic carbocycles. The average Bonchev–Trinajstić information content (AvgIpc) is 2.90. The van der Waals surface area contributed by atoms with Crippen LogP contribution in [0.1, 0.15) is 16.2 Å². The minimum absolute atomic E-state index is 0.0165. The maximum Gasteiger partial charge on any atom is 0.277 e. The van der Waals surface area contributed by atoms with Crippen molar-refractivity contribution in [2.75, 3.05) is 10.0 Å². The zero-order valence-corrected chi connectivity index (χ0v) is 16.7. The van der Waals surface area contributed by atoms with Gasteiger partial charge in [-0.1, -0.05) is 0 Å². The zero-order valence-electron chi connectivity index (χ0n) is 14.3. The largest absolute Gasteiger partial charge is 0.321 e. The van der Waals surface area contributed by atoms with Gasteiger partial charge in [-0.05, 0) is 53.2 Å². The number of anilines is 2. The lowest BCUT2D eigenvalue weighted by Gasteiger charge is -2.08. The number of hydrogen-bond donors (Lipinski definition) is 2. The normalized spacial score (nSPS) is 11.2. The summed E-state index contributed by atoms with van der Waals surface area (Å²) >= 11 is 3.34. The molecule has 0 spiro atoms. The van der Waals surface area contributed by atoms with Crippen molar-refractivity contribution in [2.45, 2.75) is 11.8 Å². The van der Waals surface area contributed by atoms with E-state index < -0.39 is 15.9 Å². The maximum absolute atomic E-state index is 12.4. The lowest BCUT2D eigenvalue weighted by Crippen LogP contribution is -2.16. The van der Waals surface area contributed by atoms with E-state index >= 15 is 0 Å². The number of halogens is 1. The van der Waals surface area contributed by atoms with Gasteiger partial charge in [0.15, 0.2) is 5.69 Å². The number of nitrogens with zero attached hydrogens (tertiary/aromatic N) is 4. The van der Waals surface area contributed by atoms with E-state index in [1.165, 1.54) is 36.7 Å². The summed E-state index contributed by atoms with van der Waals surface area (Å²) in [5, 5.41) is 6.83. The SMILES string of the molecule is Cc1c(Br)c(C(=O)Nc2ccc(S(=O)(=O)Nc3ncccn3)cc2)nn1C. The van der Waals surface area contributed by atoms with Crippen LogP contribution in [0.15, 0.2) is 52.1 Å². The number of carbonyl (C=O) groups is 1. The van der Waals surface area contributed by atoms with Crippen LogP contribution in [0.4, 0.5) is 11.6 Å². The highest BCUT2D eigenvalue weighted by Gasteiger charge is 2.19.